The van der Waals surface area contributed by atoms with E-state index in [9.17, 15) is 4.79 Å². The molecule has 0 amide bonds. The molecular weight excluding hydrogens is 216 g/mol. The molecule has 1 heterocycles. The zero-order valence-corrected chi connectivity index (χ0v) is 10.4. The fourth-order valence-corrected chi connectivity index (χ4v) is 1.95. The Hall–Kier alpha value is -1.19. The third kappa shape index (κ3) is 3.14. The Morgan fingerprint density at radius 3 is 3.00 bits per heavy atom. The van der Waals surface area contributed by atoms with Gasteiger partial charge >= 0.3 is 0 Å². The molecule has 0 bridgehead atoms. The standard InChI is InChI=1S/C14H18O3/c1-10-3-4-11(2)13(7-10)14(15)9-17-12-5-6-16-8-12/h3-4,7,12H,5-6,8-9H2,1-2H3. The first-order valence-corrected chi connectivity index (χ1v) is 5.96. The predicted octanol–water partition coefficient (Wildman–Crippen LogP) is 2.29. The number of Topliss-reactive ketones (excluding diaryl/α,β-unsaturated/α-hetero) is 1. The molecule has 2 rings (SSSR count). The van der Waals surface area contributed by atoms with Gasteiger partial charge in [0.05, 0.1) is 12.7 Å². The van der Waals surface area contributed by atoms with Gasteiger partial charge in [-0.05, 0) is 31.9 Å². The Morgan fingerprint density at radius 2 is 2.29 bits per heavy atom. The van der Waals surface area contributed by atoms with Crippen LogP contribution in [0.3, 0.4) is 0 Å². The lowest BCUT2D eigenvalue weighted by Gasteiger charge is -2.10. The van der Waals surface area contributed by atoms with Gasteiger partial charge in [0.15, 0.2) is 5.78 Å². The third-order valence-electron chi connectivity index (χ3n) is 3.03. The van der Waals surface area contributed by atoms with E-state index < -0.39 is 0 Å². The molecule has 0 spiro atoms. The molecule has 1 fully saturated rings. The van der Waals surface area contributed by atoms with Crippen LogP contribution in [-0.2, 0) is 9.47 Å². The SMILES string of the molecule is Cc1ccc(C)c(C(=O)COC2CCOC2)c1. The highest BCUT2D eigenvalue weighted by Crippen LogP contribution is 2.13. The van der Waals surface area contributed by atoms with Crippen molar-refractivity contribution in [1.29, 1.82) is 0 Å². The lowest BCUT2D eigenvalue weighted by molar-refractivity contribution is 0.0390. The second kappa shape index (κ2) is 5.43. The molecular formula is C14H18O3. The van der Waals surface area contributed by atoms with Crippen molar-refractivity contribution in [2.45, 2.75) is 26.4 Å². The van der Waals surface area contributed by atoms with Crippen LogP contribution >= 0.6 is 0 Å². The van der Waals surface area contributed by atoms with E-state index in [4.69, 9.17) is 9.47 Å². The lowest BCUT2D eigenvalue weighted by Crippen LogP contribution is -2.19. The molecule has 0 N–H and O–H groups in total. The van der Waals surface area contributed by atoms with E-state index in [1.165, 1.54) is 0 Å². The minimum Gasteiger partial charge on any atom is -0.379 e. The highest BCUT2D eigenvalue weighted by Gasteiger charge is 2.18. The van der Waals surface area contributed by atoms with Gasteiger partial charge in [-0.25, -0.2) is 0 Å². The first-order chi connectivity index (χ1) is 8.16. The van der Waals surface area contributed by atoms with Gasteiger partial charge in [0.1, 0.15) is 6.61 Å². The molecule has 0 aliphatic carbocycles. The summed E-state index contributed by atoms with van der Waals surface area (Å²) in [5.41, 5.74) is 2.87. The number of carbonyl (C=O) groups excluding carboxylic acids is 1. The second-order valence-electron chi connectivity index (χ2n) is 4.54. The summed E-state index contributed by atoms with van der Waals surface area (Å²) in [5, 5.41) is 0. The van der Waals surface area contributed by atoms with Crippen molar-refractivity contribution in [2.75, 3.05) is 19.8 Å². The first-order valence-electron chi connectivity index (χ1n) is 5.96. The molecule has 1 aliphatic heterocycles. The van der Waals surface area contributed by atoms with Gasteiger partial charge in [-0.2, -0.15) is 0 Å². The molecule has 3 nitrogen and oxygen atoms in total. The second-order valence-corrected chi connectivity index (χ2v) is 4.54. The number of hydrogen-bond donors (Lipinski definition) is 0. The molecule has 3 heteroatoms. The molecule has 0 radical (unpaired) electrons. The minimum absolute atomic E-state index is 0.0538. The van der Waals surface area contributed by atoms with Crippen LogP contribution in [-0.4, -0.2) is 31.7 Å². The van der Waals surface area contributed by atoms with Crippen LogP contribution in [0.1, 0.15) is 27.9 Å². The number of ether oxygens (including phenoxy) is 2. The van der Waals surface area contributed by atoms with Crippen LogP contribution in [0, 0.1) is 13.8 Å². The summed E-state index contributed by atoms with van der Waals surface area (Å²) >= 11 is 0. The number of ketones is 1. The van der Waals surface area contributed by atoms with Gasteiger partial charge in [-0.3, -0.25) is 4.79 Å². The summed E-state index contributed by atoms with van der Waals surface area (Å²) in [6.45, 7) is 5.44. The summed E-state index contributed by atoms with van der Waals surface area (Å²) < 4.78 is 10.7. The number of carbonyl (C=O) groups is 1. The van der Waals surface area contributed by atoms with E-state index in [0.29, 0.717) is 6.61 Å². The molecule has 1 aliphatic rings. The van der Waals surface area contributed by atoms with Crippen molar-refractivity contribution in [3.8, 4) is 0 Å². The number of rotatable bonds is 4. The van der Waals surface area contributed by atoms with Crippen LogP contribution in [0.4, 0.5) is 0 Å². The Balaban J connectivity index is 1.96. The third-order valence-corrected chi connectivity index (χ3v) is 3.03. The van der Waals surface area contributed by atoms with Crippen molar-refractivity contribution < 1.29 is 14.3 Å². The van der Waals surface area contributed by atoms with Crippen molar-refractivity contribution in [3.63, 3.8) is 0 Å². The quantitative estimate of drug-likeness (QED) is 0.750. The molecule has 17 heavy (non-hydrogen) atoms. The Bertz CT molecular complexity index is 406. The maximum absolute atomic E-state index is 12.0. The largest absolute Gasteiger partial charge is 0.379 e. The molecule has 1 aromatic carbocycles. The van der Waals surface area contributed by atoms with E-state index >= 15 is 0 Å². The maximum Gasteiger partial charge on any atom is 0.188 e. The van der Waals surface area contributed by atoms with Crippen molar-refractivity contribution >= 4 is 5.78 Å². The lowest BCUT2D eigenvalue weighted by atomic mass is 10.0. The van der Waals surface area contributed by atoms with Crippen LogP contribution in [0.25, 0.3) is 0 Å². The Morgan fingerprint density at radius 1 is 1.47 bits per heavy atom. The van der Waals surface area contributed by atoms with Crippen LogP contribution in [0.5, 0.6) is 0 Å². The zero-order valence-electron chi connectivity index (χ0n) is 10.4. The van der Waals surface area contributed by atoms with E-state index in [2.05, 4.69) is 0 Å². The van der Waals surface area contributed by atoms with Gasteiger partial charge < -0.3 is 9.47 Å². The molecule has 1 aromatic rings. The van der Waals surface area contributed by atoms with Gasteiger partial charge in [0.2, 0.25) is 0 Å². The fraction of sp³-hybridized carbons (Fsp3) is 0.500. The predicted molar refractivity (Wildman–Crippen MR) is 65.4 cm³/mol. The van der Waals surface area contributed by atoms with Crippen LogP contribution in [0.2, 0.25) is 0 Å². The number of benzene rings is 1. The summed E-state index contributed by atoms with van der Waals surface area (Å²) in [6, 6.07) is 5.91. The molecule has 1 saturated heterocycles. The number of hydrogen-bond acceptors (Lipinski definition) is 3. The van der Waals surface area contributed by atoms with Crippen molar-refractivity contribution in [2.24, 2.45) is 0 Å². The van der Waals surface area contributed by atoms with E-state index in [1.54, 1.807) is 0 Å². The van der Waals surface area contributed by atoms with Crippen molar-refractivity contribution in [3.05, 3.63) is 34.9 Å². The van der Waals surface area contributed by atoms with Crippen LogP contribution < -0.4 is 0 Å². The van der Waals surface area contributed by atoms with E-state index in [0.717, 1.165) is 29.7 Å². The molecule has 1 atom stereocenters. The van der Waals surface area contributed by atoms with Gasteiger partial charge in [-0.15, -0.1) is 0 Å². The topological polar surface area (TPSA) is 35.5 Å². The average Bonchev–Trinajstić information content (AvgIpc) is 2.82. The summed E-state index contributed by atoms with van der Waals surface area (Å²) in [5.74, 6) is 0.0538. The first kappa shape index (κ1) is 12.3. The Labute approximate surface area is 102 Å². The number of aryl methyl sites for hydroxylation is 2. The summed E-state index contributed by atoms with van der Waals surface area (Å²) in [4.78, 5) is 12.0. The fourth-order valence-electron chi connectivity index (χ4n) is 1.95. The highest BCUT2D eigenvalue weighted by molar-refractivity contribution is 5.98. The van der Waals surface area contributed by atoms with Gasteiger partial charge in [0, 0.05) is 12.2 Å². The minimum atomic E-state index is 0.0538. The molecule has 1 unspecified atom stereocenters. The van der Waals surface area contributed by atoms with E-state index in [-0.39, 0.29) is 18.5 Å². The normalized spacial score (nSPS) is 19.5. The molecule has 0 saturated carbocycles. The monoisotopic (exact) mass is 234 g/mol. The van der Waals surface area contributed by atoms with Gasteiger partial charge in [0.25, 0.3) is 0 Å². The molecule has 0 aromatic heterocycles. The summed E-state index contributed by atoms with van der Waals surface area (Å²) in [6.07, 6.45) is 0.976. The zero-order chi connectivity index (χ0) is 12.3. The van der Waals surface area contributed by atoms with Gasteiger partial charge in [-0.1, -0.05) is 17.7 Å². The Kier molecular flexibility index (Phi) is 3.92. The smallest absolute Gasteiger partial charge is 0.188 e. The average molecular weight is 234 g/mol. The molecule has 92 valence electrons. The maximum atomic E-state index is 12.0. The van der Waals surface area contributed by atoms with E-state index in [1.807, 2.05) is 32.0 Å². The van der Waals surface area contributed by atoms with Crippen LogP contribution in [0.15, 0.2) is 18.2 Å². The highest BCUT2D eigenvalue weighted by atomic mass is 16.5. The van der Waals surface area contributed by atoms with Crippen molar-refractivity contribution in [1.82, 2.24) is 0 Å². The summed E-state index contributed by atoms with van der Waals surface area (Å²) in [7, 11) is 0.